The molecule has 0 radical (unpaired) electrons. The van der Waals surface area contributed by atoms with E-state index in [9.17, 15) is 5.11 Å². The molecule has 1 saturated heterocycles. The molecule has 3 aromatic carbocycles. The third-order valence-electron chi connectivity index (χ3n) is 7.93. The Morgan fingerprint density at radius 1 is 0.730 bits per heavy atom. The first-order chi connectivity index (χ1) is 18.3. The highest BCUT2D eigenvalue weighted by Gasteiger charge is 2.39. The Hall–Kier alpha value is -2.82. The average molecular weight is 500 g/mol. The first-order valence-electron chi connectivity index (χ1n) is 14.2. The normalized spacial score (nSPS) is 21.4. The van der Waals surface area contributed by atoms with E-state index >= 15 is 0 Å². The Balaban J connectivity index is 1.13. The number of aliphatic hydroxyl groups is 1. The minimum absolute atomic E-state index is 0.00173. The molecule has 37 heavy (non-hydrogen) atoms. The van der Waals surface area contributed by atoms with E-state index in [1.54, 1.807) is 0 Å². The Kier molecular flexibility index (Phi) is 9.15. The lowest BCUT2D eigenvalue weighted by atomic mass is 9.75. The van der Waals surface area contributed by atoms with Gasteiger partial charge in [0.1, 0.15) is 11.5 Å². The smallest absolute Gasteiger partial charge is 0.205 e. The topological polar surface area (TPSA) is 41.9 Å². The molecule has 0 spiro atoms. The number of rotatable bonds is 12. The third-order valence-corrected chi connectivity index (χ3v) is 7.93. The number of benzene rings is 3. The van der Waals surface area contributed by atoms with Crippen LogP contribution in [-0.2, 0) is 0 Å². The van der Waals surface area contributed by atoms with Gasteiger partial charge in [-0.2, -0.15) is 0 Å². The van der Waals surface area contributed by atoms with E-state index in [0.29, 0.717) is 0 Å². The Labute approximate surface area is 222 Å². The minimum Gasteiger partial charge on any atom is -0.494 e. The monoisotopic (exact) mass is 499 g/mol. The number of ether oxygens (including phenoxy) is 2. The number of hydrogen-bond donors (Lipinski definition) is 1. The van der Waals surface area contributed by atoms with E-state index in [2.05, 4.69) is 47.4 Å². The molecule has 3 aromatic rings. The zero-order valence-electron chi connectivity index (χ0n) is 21.9. The maximum absolute atomic E-state index is 11.0. The molecule has 196 valence electrons. The maximum atomic E-state index is 11.0. The molecule has 1 N–H and O–H groups in total. The summed E-state index contributed by atoms with van der Waals surface area (Å²) < 4.78 is 12.0. The Morgan fingerprint density at radius 2 is 1.41 bits per heavy atom. The quantitative estimate of drug-likeness (QED) is 0.269. The largest absolute Gasteiger partial charge is 0.494 e. The molecule has 2 aliphatic heterocycles. The SMILES string of the molecule is OC1Oc2ccccc2C(c2ccc(OCCCCCCCCN3CCCC3)cc2)C1c1ccccc1. The van der Waals surface area contributed by atoms with Crippen molar-refractivity contribution in [3.05, 3.63) is 95.6 Å². The fourth-order valence-corrected chi connectivity index (χ4v) is 5.94. The summed E-state index contributed by atoms with van der Waals surface area (Å²) in [6.45, 7) is 4.69. The molecule has 1 fully saturated rings. The van der Waals surface area contributed by atoms with Crippen molar-refractivity contribution in [1.29, 1.82) is 0 Å². The summed E-state index contributed by atoms with van der Waals surface area (Å²) in [6, 6.07) is 26.7. The molecule has 0 bridgehead atoms. The van der Waals surface area contributed by atoms with Gasteiger partial charge in [0.15, 0.2) is 0 Å². The molecule has 0 saturated carbocycles. The van der Waals surface area contributed by atoms with Crippen molar-refractivity contribution in [2.24, 2.45) is 0 Å². The summed E-state index contributed by atoms with van der Waals surface area (Å²) in [4.78, 5) is 2.61. The summed E-state index contributed by atoms with van der Waals surface area (Å²) >= 11 is 0. The summed E-state index contributed by atoms with van der Waals surface area (Å²) in [6.07, 6.45) is 9.56. The molecule has 3 unspecified atom stereocenters. The lowest BCUT2D eigenvalue weighted by Gasteiger charge is -2.37. The van der Waals surface area contributed by atoms with Crippen LogP contribution in [0.2, 0.25) is 0 Å². The molecule has 2 heterocycles. The van der Waals surface area contributed by atoms with Gasteiger partial charge in [-0.1, -0.05) is 86.3 Å². The van der Waals surface area contributed by atoms with Gasteiger partial charge in [0.2, 0.25) is 6.29 Å². The molecule has 2 aliphatic rings. The highest BCUT2D eigenvalue weighted by molar-refractivity contribution is 5.48. The van der Waals surface area contributed by atoms with Crippen molar-refractivity contribution in [3.8, 4) is 11.5 Å². The molecular weight excluding hydrogens is 458 g/mol. The fraction of sp³-hybridized carbons (Fsp3) is 0.455. The van der Waals surface area contributed by atoms with Gasteiger partial charge in [0, 0.05) is 11.5 Å². The van der Waals surface area contributed by atoms with Gasteiger partial charge >= 0.3 is 0 Å². The van der Waals surface area contributed by atoms with E-state index in [-0.39, 0.29) is 11.8 Å². The van der Waals surface area contributed by atoms with Gasteiger partial charge in [-0.3, -0.25) is 0 Å². The van der Waals surface area contributed by atoms with Gasteiger partial charge in [-0.15, -0.1) is 0 Å². The number of likely N-dealkylation sites (tertiary alicyclic amines) is 1. The van der Waals surface area contributed by atoms with Gasteiger partial charge in [-0.05, 0) is 74.6 Å². The Morgan fingerprint density at radius 3 is 2.19 bits per heavy atom. The first kappa shape index (κ1) is 25.8. The number of unbranched alkanes of at least 4 members (excludes halogenated alkanes) is 5. The van der Waals surface area contributed by atoms with Crippen molar-refractivity contribution in [2.45, 2.75) is 69.5 Å². The molecule has 3 atom stereocenters. The summed E-state index contributed by atoms with van der Waals surface area (Å²) in [5, 5.41) is 11.0. The second-order valence-corrected chi connectivity index (χ2v) is 10.5. The van der Waals surface area contributed by atoms with E-state index < -0.39 is 6.29 Å². The van der Waals surface area contributed by atoms with Crippen LogP contribution in [0.3, 0.4) is 0 Å². The summed E-state index contributed by atoms with van der Waals surface area (Å²) in [5.74, 6) is 1.48. The maximum Gasteiger partial charge on any atom is 0.205 e. The predicted octanol–water partition coefficient (Wildman–Crippen LogP) is 7.13. The number of nitrogens with zero attached hydrogens (tertiary/aromatic N) is 1. The molecule has 4 nitrogen and oxygen atoms in total. The van der Waals surface area contributed by atoms with Crippen LogP contribution in [0.1, 0.15) is 79.9 Å². The molecular formula is C33H41NO3. The fourth-order valence-electron chi connectivity index (χ4n) is 5.94. The number of fused-ring (bicyclic) bond motifs is 1. The van der Waals surface area contributed by atoms with Crippen LogP contribution in [0.4, 0.5) is 0 Å². The van der Waals surface area contributed by atoms with Crippen molar-refractivity contribution < 1.29 is 14.6 Å². The van der Waals surface area contributed by atoms with Crippen LogP contribution in [-0.4, -0.2) is 42.5 Å². The standard InChI is InChI=1S/C33H41NO3/c35-33-32(26-14-6-5-7-15-26)31(29-16-8-9-17-30(29)37-33)27-18-20-28(21-19-27)36-25-13-4-2-1-3-10-22-34-23-11-12-24-34/h5-9,14-21,31-33,35H,1-4,10-13,22-25H2. The van der Waals surface area contributed by atoms with Gasteiger partial charge in [0.25, 0.3) is 0 Å². The second-order valence-electron chi connectivity index (χ2n) is 10.5. The minimum atomic E-state index is -0.904. The highest BCUT2D eigenvalue weighted by Crippen LogP contribution is 2.48. The molecule has 0 amide bonds. The van der Waals surface area contributed by atoms with E-state index in [0.717, 1.165) is 41.2 Å². The zero-order chi connectivity index (χ0) is 25.3. The van der Waals surface area contributed by atoms with Crippen molar-refractivity contribution >= 4 is 0 Å². The van der Waals surface area contributed by atoms with Crippen molar-refractivity contribution in [2.75, 3.05) is 26.2 Å². The first-order valence-corrected chi connectivity index (χ1v) is 14.2. The van der Waals surface area contributed by atoms with E-state index in [4.69, 9.17) is 9.47 Å². The predicted molar refractivity (Wildman–Crippen MR) is 149 cm³/mol. The van der Waals surface area contributed by atoms with Crippen LogP contribution >= 0.6 is 0 Å². The lowest BCUT2D eigenvalue weighted by molar-refractivity contribution is -0.0530. The number of hydrogen-bond acceptors (Lipinski definition) is 4. The van der Waals surface area contributed by atoms with Crippen molar-refractivity contribution in [1.82, 2.24) is 4.90 Å². The van der Waals surface area contributed by atoms with E-state index in [1.807, 2.05) is 36.4 Å². The van der Waals surface area contributed by atoms with Gasteiger partial charge in [-0.25, -0.2) is 0 Å². The molecule has 0 aromatic heterocycles. The molecule has 4 heteroatoms. The molecule has 0 aliphatic carbocycles. The summed E-state index contributed by atoms with van der Waals surface area (Å²) in [7, 11) is 0. The van der Waals surface area contributed by atoms with Crippen LogP contribution < -0.4 is 9.47 Å². The van der Waals surface area contributed by atoms with Gasteiger partial charge in [0.05, 0.1) is 12.5 Å². The average Bonchev–Trinajstić information content (AvgIpc) is 3.46. The van der Waals surface area contributed by atoms with Crippen LogP contribution in [0.5, 0.6) is 11.5 Å². The van der Waals surface area contributed by atoms with Crippen LogP contribution in [0, 0.1) is 0 Å². The Bertz CT molecular complexity index is 1080. The van der Waals surface area contributed by atoms with Crippen molar-refractivity contribution in [3.63, 3.8) is 0 Å². The zero-order valence-corrected chi connectivity index (χ0v) is 21.9. The van der Waals surface area contributed by atoms with Crippen LogP contribution in [0.15, 0.2) is 78.9 Å². The highest BCUT2D eigenvalue weighted by atomic mass is 16.6. The third kappa shape index (κ3) is 6.74. The second kappa shape index (κ2) is 13.1. The summed E-state index contributed by atoms with van der Waals surface area (Å²) in [5.41, 5.74) is 3.34. The van der Waals surface area contributed by atoms with E-state index in [1.165, 1.54) is 64.6 Å². The molecule has 5 rings (SSSR count). The van der Waals surface area contributed by atoms with Gasteiger partial charge < -0.3 is 19.5 Å². The van der Waals surface area contributed by atoms with Crippen LogP contribution in [0.25, 0.3) is 0 Å². The number of para-hydroxylation sites is 1. The lowest BCUT2D eigenvalue weighted by Crippen LogP contribution is -2.34. The number of aliphatic hydroxyl groups excluding tert-OH is 1.